The minimum Gasteiger partial charge on any atom is -0.293 e. The van der Waals surface area contributed by atoms with E-state index in [1.54, 1.807) is 42.5 Å². The van der Waals surface area contributed by atoms with E-state index in [9.17, 15) is 13.2 Å². The first kappa shape index (κ1) is 15.3. The van der Waals surface area contributed by atoms with E-state index in [0.717, 1.165) is 11.1 Å². The van der Waals surface area contributed by atoms with Crippen molar-refractivity contribution in [3.63, 3.8) is 0 Å². The maximum Gasteiger partial charge on any atom is 0.240 e. The maximum atomic E-state index is 12.0. The van der Waals surface area contributed by atoms with Gasteiger partial charge in [-0.3, -0.25) is 9.52 Å². The lowest BCUT2D eigenvalue weighted by atomic mass is 10.1. The molecular weight excluding hydrogens is 286 g/mol. The molecule has 0 aliphatic heterocycles. The molecule has 1 N–H and O–H groups in total. The normalized spacial score (nSPS) is 11.1. The highest BCUT2D eigenvalue weighted by atomic mass is 32.2. The average molecular weight is 303 g/mol. The number of Topliss-reactive ketones (excluding diaryl/α,β-unsaturated/α-hetero) is 1. The van der Waals surface area contributed by atoms with Gasteiger partial charge < -0.3 is 0 Å². The van der Waals surface area contributed by atoms with Gasteiger partial charge in [-0.25, -0.2) is 8.42 Å². The van der Waals surface area contributed by atoms with Gasteiger partial charge in [0.1, 0.15) is 5.75 Å². The van der Waals surface area contributed by atoms with E-state index in [-0.39, 0.29) is 0 Å². The smallest absolute Gasteiger partial charge is 0.240 e. The second-order valence-corrected chi connectivity index (χ2v) is 6.67. The number of carbonyl (C=O) groups is 1. The fourth-order valence-electron chi connectivity index (χ4n) is 1.90. The van der Waals surface area contributed by atoms with Crippen molar-refractivity contribution in [2.24, 2.45) is 0 Å². The van der Waals surface area contributed by atoms with Gasteiger partial charge in [-0.05, 0) is 37.1 Å². The van der Waals surface area contributed by atoms with Crippen molar-refractivity contribution in [2.45, 2.75) is 13.8 Å². The van der Waals surface area contributed by atoms with E-state index >= 15 is 0 Å². The summed E-state index contributed by atoms with van der Waals surface area (Å²) >= 11 is 0. The third kappa shape index (κ3) is 4.16. The summed E-state index contributed by atoms with van der Waals surface area (Å²) in [5, 5.41) is 0. The first-order chi connectivity index (χ1) is 9.87. The van der Waals surface area contributed by atoms with Crippen LogP contribution in [0.15, 0.2) is 48.5 Å². The standard InChI is InChI=1S/C16H17NO3S/c1-12-8-9-15(10-13(12)2)17-21(19,20)11-16(18)14-6-4-3-5-7-14/h3-10,17H,11H2,1-2H3. The van der Waals surface area contributed by atoms with Crippen molar-refractivity contribution in [3.8, 4) is 0 Å². The molecular formula is C16H17NO3S. The SMILES string of the molecule is Cc1ccc(NS(=O)(=O)CC(=O)c2ccccc2)cc1C. The molecule has 2 aromatic rings. The van der Waals surface area contributed by atoms with Gasteiger partial charge in [0.05, 0.1) is 0 Å². The van der Waals surface area contributed by atoms with Gasteiger partial charge in [-0.15, -0.1) is 0 Å². The van der Waals surface area contributed by atoms with Gasteiger partial charge in [-0.2, -0.15) is 0 Å². The van der Waals surface area contributed by atoms with Crippen molar-refractivity contribution in [1.29, 1.82) is 0 Å². The summed E-state index contributed by atoms with van der Waals surface area (Å²) in [4.78, 5) is 12.0. The first-order valence-electron chi connectivity index (χ1n) is 6.53. The minimum absolute atomic E-state index is 0.392. The molecule has 0 aromatic heterocycles. The van der Waals surface area contributed by atoms with Crippen LogP contribution in [0.25, 0.3) is 0 Å². The molecule has 0 radical (unpaired) electrons. The number of anilines is 1. The highest BCUT2D eigenvalue weighted by molar-refractivity contribution is 7.93. The Balaban J connectivity index is 2.12. The largest absolute Gasteiger partial charge is 0.293 e. The molecule has 0 heterocycles. The van der Waals surface area contributed by atoms with E-state index < -0.39 is 21.6 Å². The highest BCUT2D eigenvalue weighted by Crippen LogP contribution is 2.16. The zero-order chi connectivity index (χ0) is 15.5. The van der Waals surface area contributed by atoms with Crippen LogP contribution >= 0.6 is 0 Å². The number of benzene rings is 2. The first-order valence-corrected chi connectivity index (χ1v) is 8.18. The monoisotopic (exact) mass is 303 g/mol. The summed E-state index contributed by atoms with van der Waals surface area (Å²) in [6, 6.07) is 13.7. The number of nitrogens with one attached hydrogen (secondary N) is 1. The lowest BCUT2D eigenvalue weighted by Gasteiger charge is -2.09. The summed E-state index contributed by atoms with van der Waals surface area (Å²) in [5.74, 6) is -0.990. The molecule has 4 nitrogen and oxygen atoms in total. The van der Waals surface area contributed by atoms with Crippen molar-refractivity contribution < 1.29 is 13.2 Å². The Bertz CT molecular complexity index is 752. The van der Waals surface area contributed by atoms with Crippen molar-refractivity contribution in [3.05, 3.63) is 65.2 Å². The lowest BCUT2D eigenvalue weighted by molar-refractivity contribution is 0.102. The molecule has 0 aliphatic rings. The van der Waals surface area contributed by atoms with Gasteiger partial charge in [0, 0.05) is 11.3 Å². The zero-order valence-electron chi connectivity index (χ0n) is 12.0. The molecule has 0 saturated carbocycles. The Hall–Kier alpha value is -2.14. The van der Waals surface area contributed by atoms with E-state index in [1.807, 2.05) is 19.9 Å². The van der Waals surface area contributed by atoms with Crippen LogP contribution in [0.4, 0.5) is 5.69 Å². The number of aryl methyl sites for hydroxylation is 2. The molecule has 0 atom stereocenters. The van der Waals surface area contributed by atoms with Gasteiger partial charge in [0.2, 0.25) is 10.0 Å². The van der Waals surface area contributed by atoms with Crippen LogP contribution in [-0.4, -0.2) is 20.0 Å². The van der Waals surface area contributed by atoms with Crippen LogP contribution < -0.4 is 4.72 Å². The van der Waals surface area contributed by atoms with Crippen LogP contribution in [-0.2, 0) is 10.0 Å². The van der Waals surface area contributed by atoms with Gasteiger partial charge >= 0.3 is 0 Å². The number of rotatable bonds is 5. The van der Waals surface area contributed by atoms with Crippen LogP contribution in [0.1, 0.15) is 21.5 Å². The molecule has 0 amide bonds. The van der Waals surface area contributed by atoms with E-state index in [0.29, 0.717) is 11.3 Å². The Morgan fingerprint density at radius 2 is 1.67 bits per heavy atom. The average Bonchev–Trinajstić information content (AvgIpc) is 2.43. The molecule has 5 heteroatoms. The molecule has 0 spiro atoms. The summed E-state index contributed by atoms with van der Waals surface area (Å²) in [6.07, 6.45) is 0. The molecule has 2 rings (SSSR count). The van der Waals surface area contributed by atoms with Crippen LogP contribution in [0.2, 0.25) is 0 Å². The maximum absolute atomic E-state index is 12.0. The van der Waals surface area contributed by atoms with Gasteiger partial charge in [0.15, 0.2) is 5.78 Å². The predicted molar refractivity (Wildman–Crippen MR) is 84.1 cm³/mol. The third-order valence-electron chi connectivity index (χ3n) is 3.20. The molecule has 110 valence electrons. The molecule has 0 fully saturated rings. The number of sulfonamides is 1. The third-order valence-corrected chi connectivity index (χ3v) is 4.39. The Morgan fingerprint density at radius 3 is 2.29 bits per heavy atom. The highest BCUT2D eigenvalue weighted by Gasteiger charge is 2.17. The van der Waals surface area contributed by atoms with Gasteiger partial charge in [0.25, 0.3) is 0 Å². The zero-order valence-corrected chi connectivity index (χ0v) is 12.8. The van der Waals surface area contributed by atoms with E-state index in [2.05, 4.69) is 4.72 Å². The second kappa shape index (κ2) is 6.10. The molecule has 2 aromatic carbocycles. The summed E-state index contributed by atoms with van der Waals surface area (Å²) in [6.45, 7) is 3.86. The number of hydrogen-bond donors (Lipinski definition) is 1. The predicted octanol–water partition coefficient (Wildman–Crippen LogP) is 2.93. The Morgan fingerprint density at radius 1 is 1.00 bits per heavy atom. The number of hydrogen-bond acceptors (Lipinski definition) is 3. The van der Waals surface area contributed by atoms with Crippen LogP contribution in [0.3, 0.4) is 0 Å². The molecule has 0 aliphatic carbocycles. The van der Waals surface area contributed by atoms with Crippen molar-refractivity contribution in [1.82, 2.24) is 0 Å². The lowest BCUT2D eigenvalue weighted by Crippen LogP contribution is -2.23. The fraction of sp³-hybridized carbons (Fsp3) is 0.188. The Labute approximate surface area is 124 Å². The van der Waals surface area contributed by atoms with E-state index in [1.165, 1.54) is 0 Å². The van der Waals surface area contributed by atoms with Crippen molar-refractivity contribution in [2.75, 3.05) is 10.5 Å². The fourth-order valence-corrected chi connectivity index (χ4v) is 2.97. The number of ketones is 1. The molecule has 0 unspecified atom stereocenters. The summed E-state index contributed by atoms with van der Waals surface area (Å²) in [5.41, 5.74) is 2.94. The Kier molecular flexibility index (Phi) is 4.43. The molecule has 0 bridgehead atoms. The minimum atomic E-state index is -3.71. The van der Waals surface area contributed by atoms with E-state index in [4.69, 9.17) is 0 Å². The van der Waals surface area contributed by atoms with Crippen LogP contribution in [0, 0.1) is 13.8 Å². The van der Waals surface area contributed by atoms with Crippen LogP contribution in [0.5, 0.6) is 0 Å². The summed E-state index contributed by atoms with van der Waals surface area (Å²) in [7, 11) is -3.71. The summed E-state index contributed by atoms with van der Waals surface area (Å²) < 4.78 is 26.5. The quantitative estimate of drug-likeness (QED) is 0.864. The topological polar surface area (TPSA) is 63.2 Å². The number of carbonyl (C=O) groups excluding carboxylic acids is 1. The molecule has 21 heavy (non-hydrogen) atoms. The van der Waals surface area contributed by atoms with Gasteiger partial charge in [-0.1, -0.05) is 36.4 Å². The second-order valence-electron chi connectivity index (χ2n) is 4.95. The molecule has 0 saturated heterocycles. The van der Waals surface area contributed by atoms with Crippen molar-refractivity contribution >= 4 is 21.5 Å².